The molecule has 0 saturated carbocycles. The third kappa shape index (κ3) is 3.76. The zero-order chi connectivity index (χ0) is 15.4. The van der Waals surface area contributed by atoms with E-state index in [4.69, 9.17) is 0 Å². The van der Waals surface area contributed by atoms with E-state index in [1.54, 1.807) is 0 Å². The maximum absolute atomic E-state index is 11.9. The van der Waals surface area contributed by atoms with Gasteiger partial charge in [-0.15, -0.1) is 0 Å². The van der Waals surface area contributed by atoms with E-state index in [0.29, 0.717) is 13.1 Å². The van der Waals surface area contributed by atoms with Crippen molar-refractivity contribution < 1.29 is 9.90 Å². The van der Waals surface area contributed by atoms with E-state index in [9.17, 15) is 9.90 Å². The van der Waals surface area contributed by atoms with Gasteiger partial charge in [0.15, 0.2) is 0 Å². The third-order valence-corrected chi connectivity index (χ3v) is 4.57. The number of rotatable bonds is 5. The Labute approximate surface area is 131 Å². The number of aliphatic hydroxyl groups is 1. The molecule has 1 unspecified atom stereocenters. The molecule has 0 fully saturated rings. The molecule has 118 valence electrons. The van der Waals surface area contributed by atoms with Crippen molar-refractivity contribution in [2.45, 2.75) is 31.9 Å². The van der Waals surface area contributed by atoms with E-state index in [-0.39, 0.29) is 11.8 Å². The summed E-state index contributed by atoms with van der Waals surface area (Å²) in [6.07, 6.45) is 6.26. The molecule has 4 nitrogen and oxygen atoms in total. The molecule has 1 amide bonds. The minimum Gasteiger partial charge on any atom is -0.390 e. The van der Waals surface area contributed by atoms with Gasteiger partial charge in [-0.2, -0.15) is 0 Å². The van der Waals surface area contributed by atoms with Crippen LogP contribution in [0.1, 0.15) is 24.0 Å². The molecule has 0 bridgehead atoms. The van der Waals surface area contributed by atoms with E-state index < -0.39 is 6.10 Å². The highest BCUT2D eigenvalue weighted by molar-refractivity contribution is 5.79. The van der Waals surface area contributed by atoms with Crippen LogP contribution in [-0.2, 0) is 17.8 Å². The van der Waals surface area contributed by atoms with Crippen LogP contribution < -0.4 is 5.32 Å². The molecule has 2 N–H and O–H groups in total. The first-order valence-electron chi connectivity index (χ1n) is 8.12. The number of carbonyl (C=O) groups excluding carboxylic acids is 1. The van der Waals surface area contributed by atoms with E-state index in [0.717, 1.165) is 32.4 Å². The lowest BCUT2D eigenvalue weighted by molar-refractivity contribution is -0.125. The SMILES string of the molecule is O=C(NCC(O)CN1CCc2ccccc2C1)C1CC=CC1. The van der Waals surface area contributed by atoms with Crippen LogP contribution in [0.4, 0.5) is 0 Å². The van der Waals surface area contributed by atoms with Crippen molar-refractivity contribution in [1.29, 1.82) is 0 Å². The Morgan fingerprint density at radius 2 is 2.00 bits per heavy atom. The highest BCUT2D eigenvalue weighted by Crippen LogP contribution is 2.19. The van der Waals surface area contributed by atoms with Gasteiger partial charge in [0.2, 0.25) is 5.91 Å². The molecule has 0 aromatic heterocycles. The number of benzene rings is 1. The van der Waals surface area contributed by atoms with Gasteiger partial charge < -0.3 is 10.4 Å². The molecule has 22 heavy (non-hydrogen) atoms. The van der Waals surface area contributed by atoms with Crippen molar-refractivity contribution in [3.05, 3.63) is 47.5 Å². The van der Waals surface area contributed by atoms with Crippen molar-refractivity contribution in [3.63, 3.8) is 0 Å². The minimum absolute atomic E-state index is 0.0630. The number of hydrogen-bond donors (Lipinski definition) is 2. The van der Waals surface area contributed by atoms with E-state index >= 15 is 0 Å². The second-order valence-corrected chi connectivity index (χ2v) is 6.29. The smallest absolute Gasteiger partial charge is 0.223 e. The fourth-order valence-corrected chi connectivity index (χ4v) is 3.27. The Hall–Kier alpha value is -1.65. The van der Waals surface area contributed by atoms with Gasteiger partial charge in [-0.3, -0.25) is 9.69 Å². The number of hydrogen-bond acceptors (Lipinski definition) is 3. The molecule has 0 radical (unpaired) electrons. The monoisotopic (exact) mass is 300 g/mol. The lowest BCUT2D eigenvalue weighted by atomic mass is 10.00. The lowest BCUT2D eigenvalue weighted by Crippen LogP contribution is -2.43. The number of aliphatic hydroxyl groups excluding tert-OH is 1. The number of β-amino-alcohol motifs (C(OH)–C–C–N with tert-alkyl or cyclic N) is 1. The molecule has 3 rings (SSSR count). The predicted molar refractivity (Wildman–Crippen MR) is 86.3 cm³/mol. The lowest BCUT2D eigenvalue weighted by Gasteiger charge is -2.30. The summed E-state index contributed by atoms with van der Waals surface area (Å²) in [5, 5.41) is 13.0. The fourth-order valence-electron chi connectivity index (χ4n) is 3.27. The van der Waals surface area contributed by atoms with Gasteiger partial charge in [0.25, 0.3) is 0 Å². The summed E-state index contributed by atoms with van der Waals surface area (Å²) in [4.78, 5) is 14.2. The second-order valence-electron chi connectivity index (χ2n) is 6.29. The van der Waals surface area contributed by atoms with Crippen LogP contribution in [0.2, 0.25) is 0 Å². The number of amides is 1. The third-order valence-electron chi connectivity index (χ3n) is 4.57. The minimum atomic E-state index is -0.511. The molecule has 1 heterocycles. The number of allylic oxidation sites excluding steroid dienone is 2. The maximum atomic E-state index is 11.9. The van der Waals surface area contributed by atoms with Crippen molar-refractivity contribution in [2.24, 2.45) is 5.92 Å². The Morgan fingerprint density at radius 1 is 1.27 bits per heavy atom. The number of nitrogens with one attached hydrogen (secondary N) is 1. The van der Waals surface area contributed by atoms with Crippen molar-refractivity contribution in [2.75, 3.05) is 19.6 Å². The Morgan fingerprint density at radius 3 is 2.77 bits per heavy atom. The zero-order valence-electron chi connectivity index (χ0n) is 12.9. The molecule has 4 heteroatoms. The zero-order valence-corrected chi connectivity index (χ0v) is 12.9. The molecule has 1 atom stereocenters. The molecular formula is C18H24N2O2. The Kier molecular flexibility index (Phi) is 4.90. The molecule has 1 aliphatic heterocycles. The highest BCUT2D eigenvalue weighted by atomic mass is 16.3. The van der Waals surface area contributed by atoms with Crippen LogP contribution in [0.15, 0.2) is 36.4 Å². The Bertz CT molecular complexity index is 548. The summed E-state index contributed by atoms with van der Waals surface area (Å²) in [6.45, 7) is 2.80. The van der Waals surface area contributed by atoms with Crippen LogP contribution in [0.3, 0.4) is 0 Å². The summed E-state index contributed by atoms with van der Waals surface area (Å²) in [5.74, 6) is 0.127. The topological polar surface area (TPSA) is 52.6 Å². The molecule has 2 aliphatic rings. The molecule has 1 aromatic carbocycles. The first-order valence-corrected chi connectivity index (χ1v) is 8.12. The number of carbonyl (C=O) groups is 1. The highest BCUT2D eigenvalue weighted by Gasteiger charge is 2.21. The fraction of sp³-hybridized carbons (Fsp3) is 0.500. The van der Waals surface area contributed by atoms with Crippen LogP contribution >= 0.6 is 0 Å². The van der Waals surface area contributed by atoms with Crippen LogP contribution in [0.5, 0.6) is 0 Å². The summed E-state index contributed by atoms with van der Waals surface area (Å²) >= 11 is 0. The molecule has 1 aliphatic carbocycles. The summed E-state index contributed by atoms with van der Waals surface area (Å²) < 4.78 is 0. The van der Waals surface area contributed by atoms with E-state index in [2.05, 4.69) is 34.5 Å². The number of fused-ring (bicyclic) bond motifs is 1. The van der Waals surface area contributed by atoms with Crippen LogP contribution in [0, 0.1) is 5.92 Å². The first kappa shape index (κ1) is 15.3. The van der Waals surface area contributed by atoms with Gasteiger partial charge >= 0.3 is 0 Å². The molecular weight excluding hydrogens is 276 g/mol. The van der Waals surface area contributed by atoms with Crippen molar-refractivity contribution in [1.82, 2.24) is 10.2 Å². The van der Waals surface area contributed by atoms with Crippen LogP contribution in [0.25, 0.3) is 0 Å². The Balaban J connectivity index is 1.42. The van der Waals surface area contributed by atoms with E-state index in [1.165, 1.54) is 11.1 Å². The average molecular weight is 300 g/mol. The first-order chi connectivity index (χ1) is 10.7. The van der Waals surface area contributed by atoms with Gasteiger partial charge in [0, 0.05) is 32.1 Å². The van der Waals surface area contributed by atoms with Crippen molar-refractivity contribution in [3.8, 4) is 0 Å². The van der Waals surface area contributed by atoms with Crippen molar-refractivity contribution >= 4 is 5.91 Å². The summed E-state index contributed by atoms with van der Waals surface area (Å²) in [6, 6.07) is 8.48. The summed E-state index contributed by atoms with van der Waals surface area (Å²) in [5.41, 5.74) is 2.76. The quantitative estimate of drug-likeness (QED) is 0.810. The van der Waals surface area contributed by atoms with Gasteiger partial charge in [0.1, 0.15) is 0 Å². The molecule has 0 saturated heterocycles. The molecule has 0 spiro atoms. The number of nitrogens with zero attached hydrogens (tertiary/aromatic N) is 1. The second kappa shape index (κ2) is 7.07. The predicted octanol–water partition coefficient (Wildman–Crippen LogP) is 1.49. The largest absolute Gasteiger partial charge is 0.390 e. The normalized spacial score (nSPS) is 19.9. The summed E-state index contributed by atoms with van der Waals surface area (Å²) in [7, 11) is 0. The van der Waals surface area contributed by atoms with Gasteiger partial charge in [-0.1, -0.05) is 36.4 Å². The maximum Gasteiger partial charge on any atom is 0.223 e. The standard InChI is InChI=1S/C18H24N2O2/c21-17(11-19-18(22)15-6-2-3-7-15)13-20-10-9-14-5-1-4-8-16(14)12-20/h1-5,8,15,17,21H,6-7,9-13H2,(H,19,22). The van der Waals surface area contributed by atoms with Gasteiger partial charge in [0.05, 0.1) is 6.10 Å². The van der Waals surface area contributed by atoms with Gasteiger partial charge in [-0.05, 0) is 30.4 Å². The van der Waals surface area contributed by atoms with Crippen LogP contribution in [-0.4, -0.2) is 41.7 Å². The van der Waals surface area contributed by atoms with Gasteiger partial charge in [-0.25, -0.2) is 0 Å². The molecule has 1 aromatic rings. The van der Waals surface area contributed by atoms with E-state index in [1.807, 2.05) is 12.2 Å². The average Bonchev–Trinajstić information content (AvgIpc) is 3.07.